The number of nitrogens with zero attached hydrogens (tertiary/aromatic N) is 4. The van der Waals surface area contributed by atoms with E-state index in [1.807, 2.05) is 47.5 Å². The highest BCUT2D eigenvalue weighted by atomic mass is 16.5. The Morgan fingerprint density at radius 1 is 1.14 bits per heavy atom. The predicted molar refractivity (Wildman–Crippen MR) is 133 cm³/mol. The van der Waals surface area contributed by atoms with Crippen LogP contribution in [0.25, 0.3) is 0 Å². The van der Waals surface area contributed by atoms with Crippen LogP contribution in [0.15, 0.2) is 60.9 Å². The zero-order valence-corrected chi connectivity index (χ0v) is 20.2. The summed E-state index contributed by atoms with van der Waals surface area (Å²) in [6.07, 6.45) is 3.91. The second-order valence-corrected chi connectivity index (χ2v) is 9.29. The number of hydrogen-bond acceptors (Lipinski definition) is 6. The molecule has 1 fully saturated rings. The molecule has 184 valence electrons. The van der Waals surface area contributed by atoms with Crippen molar-refractivity contribution in [3.63, 3.8) is 0 Å². The molecule has 2 aliphatic rings. The Balaban J connectivity index is 1.02. The van der Waals surface area contributed by atoms with Crippen LogP contribution < -0.4 is 9.47 Å². The van der Waals surface area contributed by atoms with Gasteiger partial charge in [-0.25, -0.2) is 4.98 Å². The molecule has 2 aromatic carbocycles. The monoisotopic (exact) mass is 475 g/mol. The number of H-pyrrole nitrogens is 1. The molecular weight excluding hydrogens is 442 g/mol. The van der Waals surface area contributed by atoms with Gasteiger partial charge in [-0.1, -0.05) is 30.3 Å². The van der Waals surface area contributed by atoms with Crippen LogP contribution in [0.4, 0.5) is 0 Å². The molecule has 1 amide bonds. The van der Waals surface area contributed by atoms with Gasteiger partial charge in [0.15, 0.2) is 6.10 Å². The minimum Gasteiger partial charge on any atom is -0.492 e. The molecule has 5 rings (SSSR count). The SMILES string of the molecule is CN(Cc1cccc(OCCN2CCN(C(=O)C3Cc4ccccc4O3)CC2)c1)Cc1ncc[nH]1. The minimum atomic E-state index is -0.382. The molecule has 2 aliphatic heterocycles. The van der Waals surface area contributed by atoms with Gasteiger partial charge in [0.2, 0.25) is 0 Å². The Labute approximate surface area is 206 Å². The second-order valence-electron chi connectivity index (χ2n) is 9.29. The average molecular weight is 476 g/mol. The standard InChI is InChI=1S/C27H33N5O3/c1-30(20-26-28-9-10-29-26)19-21-5-4-7-23(17-21)34-16-15-31-11-13-32(14-12-31)27(33)25-18-22-6-2-3-8-24(22)35-25/h2-10,17,25H,11-16,18-20H2,1H3,(H,28,29). The van der Waals surface area contributed by atoms with E-state index in [9.17, 15) is 4.79 Å². The number of aromatic nitrogens is 2. The summed E-state index contributed by atoms with van der Waals surface area (Å²) in [6.45, 7) is 6.23. The summed E-state index contributed by atoms with van der Waals surface area (Å²) in [5.74, 6) is 2.80. The lowest BCUT2D eigenvalue weighted by Gasteiger charge is -2.35. The molecule has 3 heterocycles. The Hall–Kier alpha value is -3.36. The normalized spacial score (nSPS) is 17.9. The van der Waals surface area contributed by atoms with Gasteiger partial charge in [-0.15, -0.1) is 0 Å². The van der Waals surface area contributed by atoms with Gasteiger partial charge in [-0.05, 0) is 36.4 Å². The number of imidazole rings is 1. The first-order valence-electron chi connectivity index (χ1n) is 12.3. The van der Waals surface area contributed by atoms with Crippen LogP contribution in [-0.4, -0.2) is 83.1 Å². The molecule has 0 bridgehead atoms. The van der Waals surface area contributed by atoms with Crippen molar-refractivity contribution in [3.8, 4) is 11.5 Å². The average Bonchev–Trinajstić information content (AvgIpc) is 3.54. The first kappa shape index (κ1) is 23.4. The third-order valence-electron chi connectivity index (χ3n) is 6.61. The number of carbonyl (C=O) groups excluding carboxylic acids is 1. The van der Waals surface area contributed by atoms with Crippen LogP contribution in [0.5, 0.6) is 11.5 Å². The van der Waals surface area contributed by atoms with Crippen LogP contribution in [0.2, 0.25) is 0 Å². The molecule has 35 heavy (non-hydrogen) atoms. The Kier molecular flexibility index (Phi) is 7.30. The van der Waals surface area contributed by atoms with Crippen molar-refractivity contribution in [2.45, 2.75) is 25.6 Å². The van der Waals surface area contributed by atoms with Gasteiger partial charge in [-0.2, -0.15) is 0 Å². The summed E-state index contributed by atoms with van der Waals surface area (Å²) >= 11 is 0. The van der Waals surface area contributed by atoms with E-state index in [1.165, 1.54) is 5.56 Å². The van der Waals surface area contributed by atoms with E-state index in [0.717, 1.165) is 68.7 Å². The van der Waals surface area contributed by atoms with E-state index in [1.54, 1.807) is 6.20 Å². The minimum absolute atomic E-state index is 0.103. The van der Waals surface area contributed by atoms with Crippen molar-refractivity contribution >= 4 is 5.91 Å². The van der Waals surface area contributed by atoms with E-state index in [0.29, 0.717) is 13.0 Å². The van der Waals surface area contributed by atoms with Crippen LogP contribution in [0.3, 0.4) is 0 Å². The Morgan fingerprint density at radius 3 is 2.80 bits per heavy atom. The fourth-order valence-corrected chi connectivity index (χ4v) is 4.75. The lowest BCUT2D eigenvalue weighted by molar-refractivity contribution is -0.139. The number of rotatable bonds is 9. The molecule has 1 saturated heterocycles. The van der Waals surface area contributed by atoms with E-state index >= 15 is 0 Å². The van der Waals surface area contributed by atoms with Crippen molar-refractivity contribution in [2.75, 3.05) is 46.4 Å². The zero-order chi connectivity index (χ0) is 24.0. The van der Waals surface area contributed by atoms with Crippen molar-refractivity contribution in [2.24, 2.45) is 0 Å². The van der Waals surface area contributed by atoms with Crippen molar-refractivity contribution < 1.29 is 14.3 Å². The molecule has 0 aliphatic carbocycles. The largest absolute Gasteiger partial charge is 0.492 e. The smallest absolute Gasteiger partial charge is 0.264 e. The van der Waals surface area contributed by atoms with Gasteiger partial charge >= 0.3 is 0 Å². The maximum Gasteiger partial charge on any atom is 0.264 e. The van der Waals surface area contributed by atoms with Crippen LogP contribution in [-0.2, 0) is 24.3 Å². The molecule has 1 aromatic heterocycles. The summed E-state index contributed by atoms with van der Waals surface area (Å²) in [5, 5.41) is 0. The fourth-order valence-electron chi connectivity index (χ4n) is 4.75. The van der Waals surface area contributed by atoms with Crippen molar-refractivity contribution in [1.29, 1.82) is 0 Å². The van der Waals surface area contributed by atoms with Gasteiger partial charge < -0.3 is 19.4 Å². The summed E-state index contributed by atoms with van der Waals surface area (Å²) in [4.78, 5) is 26.9. The van der Waals surface area contributed by atoms with E-state index in [4.69, 9.17) is 9.47 Å². The topological polar surface area (TPSA) is 73.9 Å². The number of ether oxygens (including phenoxy) is 2. The van der Waals surface area contributed by atoms with Gasteiger partial charge in [0.1, 0.15) is 23.9 Å². The summed E-state index contributed by atoms with van der Waals surface area (Å²) in [7, 11) is 2.08. The molecule has 1 atom stereocenters. The van der Waals surface area contributed by atoms with E-state index < -0.39 is 0 Å². The van der Waals surface area contributed by atoms with Gasteiger partial charge in [0.05, 0.1) is 6.54 Å². The number of benzene rings is 2. The summed E-state index contributed by atoms with van der Waals surface area (Å²) in [6, 6.07) is 16.2. The Morgan fingerprint density at radius 2 is 2.00 bits per heavy atom. The lowest BCUT2D eigenvalue weighted by atomic mass is 10.1. The number of fused-ring (bicyclic) bond motifs is 1. The van der Waals surface area contributed by atoms with Crippen LogP contribution in [0, 0.1) is 0 Å². The van der Waals surface area contributed by atoms with Crippen LogP contribution in [0.1, 0.15) is 17.0 Å². The number of aromatic amines is 1. The molecular formula is C27H33N5O3. The maximum atomic E-state index is 12.9. The molecule has 8 nitrogen and oxygen atoms in total. The number of carbonyl (C=O) groups is 1. The number of amides is 1. The van der Waals surface area contributed by atoms with E-state index in [2.05, 4.69) is 38.9 Å². The first-order valence-corrected chi connectivity index (χ1v) is 12.3. The van der Waals surface area contributed by atoms with Gasteiger partial charge in [0, 0.05) is 58.1 Å². The highest BCUT2D eigenvalue weighted by Crippen LogP contribution is 2.29. The fraction of sp³-hybridized carbons (Fsp3) is 0.407. The quantitative estimate of drug-likeness (QED) is 0.513. The molecule has 0 radical (unpaired) electrons. The third kappa shape index (κ3) is 6.01. The number of nitrogens with one attached hydrogen (secondary N) is 1. The highest BCUT2D eigenvalue weighted by molar-refractivity contribution is 5.82. The molecule has 1 unspecified atom stereocenters. The molecule has 1 N–H and O–H groups in total. The lowest BCUT2D eigenvalue weighted by Crippen LogP contribution is -2.52. The van der Waals surface area contributed by atoms with Gasteiger partial charge in [0.25, 0.3) is 5.91 Å². The molecule has 0 spiro atoms. The summed E-state index contributed by atoms with van der Waals surface area (Å²) < 4.78 is 11.9. The van der Waals surface area contributed by atoms with Crippen molar-refractivity contribution in [1.82, 2.24) is 24.7 Å². The number of para-hydroxylation sites is 1. The zero-order valence-electron chi connectivity index (χ0n) is 20.2. The van der Waals surface area contributed by atoms with Gasteiger partial charge in [-0.3, -0.25) is 14.6 Å². The third-order valence-corrected chi connectivity index (χ3v) is 6.61. The molecule has 3 aromatic rings. The number of piperazine rings is 1. The molecule has 0 saturated carbocycles. The van der Waals surface area contributed by atoms with Crippen molar-refractivity contribution in [3.05, 3.63) is 77.9 Å². The van der Waals surface area contributed by atoms with E-state index in [-0.39, 0.29) is 12.0 Å². The maximum absolute atomic E-state index is 12.9. The molecule has 8 heteroatoms. The predicted octanol–water partition coefficient (Wildman–Crippen LogP) is 2.57. The summed E-state index contributed by atoms with van der Waals surface area (Å²) in [5.41, 5.74) is 2.33. The highest BCUT2D eigenvalue weighted by Gasteiger charge is 2.33. The first-order chi connectivity index (χ1) is 17.1. The Bertz CT molecular complexity index is 1090. The van der Waals surface area contributed by atoms with Crippen LogP contribution >= 0.6 is 0 Å². The number of hydrogen-bond donors (Lipinski definition) is 1. The second kappa shape index (κ2) is 10.9.